The normalized spacial score (nSPS) is 12.9. The first-order valence-electron chi connectivity index (χ1n) is 19.7. The van der Waals surface area contributed by atoms with E-state index in [2.05, 4.69) is 202 Å². The second-order valence-corrected chi connectivity index (χ2v) is 15.7. The Hall–Kier alpha value is -7.16. The lowest BCUT2D eigenvalue weighted by atomic mass is 9.81. The van der Waals surface area contributed by atoms with E-state index in [4.69, 9.17) is 9.97 Å². The summed E-state index contributed by atoms with van der Waals surface area (Å²) in [5.74, 6) is 0.713. The number of aromatic nitrogens is 2. The summed E-state index contributed by atoms with van der Waals surface area (Å²) in [6, 6.07) is 70.1. The minimum atomic E-state index is -0.115. The van der Waals surface area contributed by atoms with E-state index in [1.807, 2.05) is 6.07 Å². The number of nitrogens with zero attached hydrogens (tertiary/aromatic N) is 2. The Morgan fingerprint density at radius 2 is 0.860 bits per heavy atom. The van der Waals surface area contributed by atoms with E-state index in [-0.39, 0.29) is 5.41 Å². The Morgan fingerprint density at radius 1 is 0.333 bits per heavy atom. The lowest BCUT2D eigenvalue weighted by Crippen LogP contribution is -2.15. The smallest absolute Gasteiger partial charge is 0.161 e. The molecule has 10 aromatic rings. The van der Waals surface area contributed by atoms with Gasteiger partial charge in [0.05, 0.1) is 11.4 Å². The molecule has 0 aliphatic heterocycles. The van der Waals surface area contributed by atoms with Crippen molar-refractivity contribution in [3.63, 3.8) is 0 Å². The number of hydrogen-bond acceptors (Lipinski definition) is 2. The molecule has 0 bridgehead atoms. The lowest BCUT2D eigenvalue weighted by Gasteiger charge is -2.22. The van der Waals surface area contributed by atoms with E-state index in [0.717, 1.165) is 33.5 Å². The van der Waals surface area contributed by atoms with Crippen LogP contribution in [0.15, 0.2) is 194 Å². The van der Waals surface area contributed by atoms with Crippen LogP contribution in [0.5, 0.6) is 0 Å². The predicted octanol–water partition coefficient (Wildman–Crippen LogP) is 14.6. The fourth-order valence-corrected chi connectivity index (χ4v) is 9.19. The standard InChI is InChI=1S/C55H38N2/c1-55(2)49-32-28-36-14-7-9-19-44(36)53(49)48-29-27-40(33-50(48)55)43-30-31-47(46-21-11-10-20-45(43)46)54-56-51(38-15-4-3-5-16-38)34-52(57-54)39-25-23-37(24-26-39)42-22-12-17-35-13-6-8-18-41(35)42/h3-34H,1-2H3. The van der Waals surface area contributed by atoms with Crippen LogP contribution in [0.25, 0.3) is 99.6 Å². The summed E-state index contributed by atoms with van der Waals surface area (Å²) in [5.41, 5.74) is 15.1. The third-order valence-electron chi connectivity index (χ3n) is 12.1. The number of hydrogen-bond donors (Lipinski definition) is 0. The van der Waals surface area contributed by atoms with Gasteiger partial charge in [0.25, 0.3) is 0 Å². The molecule has 1 aliphatic carbocycles. The fraction of sp³-hybridized carbons (Fsp3) is 0.0545. The van der Waals surface area contributed by atoms with E-state index in [0.29, 0.717) is 5.82 Å². The molecule has 0 saturated heterocycles. The highest BCUT2D eigenvalue weighted by Crippen LogP contribution is 2.52. The molecule has 0 saturated carbocycles. The quantitative estimate of drug-likeness (QED) is 0.176. The van der Waals surface area contributed by atoms with Crippen molar-refractivity contribution in [1.29, 1.82) is 0 Å². The van der Waals surface area contributed by atoms with Gasteiger partial charge in [-0.05, 0) is 95.0 Å². The van der Waals surface area contributed by atoms with Crippen LogP contribution in [0.4, 0.5) is 0 Å². The van der Waals surface area contributed by atoms with Crippen molar-refractivity contribution in [3.8, 4) is 67.3 Å². The molecule has 11 rings (SSSR count). The van der Waals surface area contributed by atoms with Crippen LogP contribution in [0.1, 0.15) is 25.0 Å². The van der Waals surface area contributed by atoms with Crippen molar-refractivity contribution in [2.75, 3.05) is 0 Å². The van der Waals surface area contributed by atoms with Crippen LogP contribution >= 0.6 is 0 Å². The molecule has 1 aliphatic rings. The van der Waals surface area contributed by atoms with Gasteiger partial charge in [-0.15, -0.1) is 0 Å². The van der Waals surface area contributed by atoms with Gasteiger partial charge in [-0.1, -0.05) is 190 Å². The molecule has 0 atom stereocenters. The van der Waals surface area contributed by atoms with E-state index in [9.17, 15) is 0 Å². The molecule has 2 nitrogen and oxygen atoms in total. The van der Waals surface area contributed by atoms with Gasteiger partial charge >= 0.3 is 0 Å². The molecule has 1 aromatic heterocycles. The largest absolute Gasteiger partial charge is 0.228 e. The second-order valence-electron chi connectivity index (χ2n) is 15.7. The average molecular weight is 727 g/mol. The van der Waals surface area contributed by atoms with Crippen LogP contribution in [0.2, 0.25) is 0 Å². The average Bonchev–Trinajstić information content (AvgIpc) is 3.51. The van der Waals surface area contributed by atoms with Crippen molar-refractivity contribution in [2.45, 2.75) is 19.3 Å². The maximum Gasteiger partial charge on any atom is 0.161 e. The molecule has 1 heterocycles. The maximum atomic E-state index is 5.31. The monoisotopic (exact) mass is 726 g/mol. The van der Waals surface area contributed by atoms with Crippen molar-refractivity contribution < 1.29 is 0 Å². The first kappa shape index (κ1) is 33.2. The van der Waals surface area contributed by atoms with Crippen LogP contribution in [0.3, 0.4) is 0 Å². The predicted molar refractivity (Wildman–Crippen MR) is 239 cm³/mol. The Bertz CT molecular complexity index is 3190. The van der Waals surface area contributed by atoms with Crippen molar-refractivity contribution >= 4 is 32.3 Å². The molecule has 0 spiro atoms. The highest BCUT2D eigenvalue weighted by molar-refractivity contribution is 6.06. The molecule has 9 aromatic carbocycles. The highest BCUT2D eigenvalue weighted by atomic mass is 14.9. The maximum absolute atomic E-state index is 5.31. The van der Waals surface area contributed by atoms with Gasteiger partial charge in [0.2, 0.25) is 0 Å². The van der Waals surface area contributed by atoms with Crippen LogP contribution in [0, 0.1) is 0 Å². The third kappa shape index (κ3) is 5.40. The number of rotatable bonds is 5. The second kappa shape index (κ2) is 13.0. The van der Waals surface area contributed by atoms with E-state index in [1.165, 1.54) is 71.4 Å². The van der Waals surface area contributed by atoms with Crippen LogP contribution in [-0.4, -0.2) is 9.97 Å². The number of fused-ring (bicyclic) bond motifs is 7. The van der Waals surface area contributed by atoms with Crippen molar-refractivity contribution in [2.24, 2.45) is 0 Å². The summed E-state index contributed by atoms with van der Waals surface area (Å²) < 4.78 is 0. The molecule has 0 fully saturated rings. The summed E-state index contributed by atoms with van der Waals surface area (Å²) in [7, 11) is 0. The van der Waals surface area contributed by atoms with E-state index >= 15 is 0 Å². The van der Waals surface area contributed by atoms with Gasteiger partial charge in [-0.3, -0.25) is 0 Å². The topological polar surface area (TPSA) is 25.8 Å². The third-order valence-corrected chi connectivity index (χ3v) is 12.1. The molecule has 0 N–H and O–H groups in total. The molecule has 0 unspecified atom stereocenters. The molecular weight excluding hydrogens is 689 g/mol. The fourth-order valence-electron chi connectivity index (χ4n) is 9.19. The zero-order chi connectivity index (χ0) is 38.1. The minimum Gasteiger partial charge on any atom is -0.228 e. The SMILES string of the molecule is CC1(C)c2cc(-c3ccc(-c4nc(-c5ccccc5)cc(-c5ccc(-c6cccc7ccccc67)cc5)n4)c4ccccc34)ccc2-c2c1ccc1ccccc21. The summed E-state index contributed by atoms with van der Waals surface area (Å²) in [4.78, 5) is 10.6. The molecule has 57 heavy (non-hydrogen) atoms. The van der Waals surface area contributed by atoms with E-state index in [1.54, 1.807) is 0 Å². The van der Waals surface area contributed by atoms with Crippen LogP contribution in [-0.2, 0) is 5.41 Å². The minimum absolute atomic E-state index is 0.115. The van der Waals surface area contributed by atoms with Gasteiger partial charge in [0.15, 0.2) is 5.82 Å². The molecular formula is C55H38N2. The first-order valence-corrected chi connectivity index (χ1v) is 19.7. The molecule has 268 valence electrons. The molecule has 0 amide bonds. The number of benzene rings is 9. The Balaban J connectivity index is 1.03. The highest BCUT2D eigenvalue weighted by Gasteiger charge is 2.36. The van der Waals surface area contributed by atoms with Gasteiger partial charge in [0.1, 0.15) is 0 Å². The van der Waals surface area contributed by atoms with Gasteiger partial charge in [-0.25, -0.2) is 9.97 Å². The summed E-state index contributed by atoms with van der Waals surface area (Å²) in [6.45, 7) is 4.73. The van der Waals surface area contributed by atoms with Gasteiger partial charge in [-0.2, -0.15) is 0 Å². The Kier molecular flexibility index (Phi) is 7.55. The Morgan fingerprint density at radius 3 is 1.61 bits per heavy atom. The van der Waals surface area contributed by atoms with Crippen molar-refractivity contribution in [1.82, 2.24) is 9.97 Å². The summed E-state index contributed by atoms with van der Waals surface area (Å²) >= 11 is 0. The lowest BCUT2D eigenvalue weighted by molar-refractivity contribution is 0.661. The zero-order valence-corrected chi connectivity index (χ0v) is 31.9. The first-order chi connectivity index (χ1) is 28.0. The van der Waals surface area contributed by atoms with E-state index < -0.39 is 0 Å². The summed E-state index contributed by atoms with van der Waals surface area (Å²) in [5, 5.41) is 7.41. The molecule has 2 heteroatoms. The summed E-state index contributed by atoms with van der Waals surface area (Å²) in [6.07, 6.45) is 0. The van der Waals surface area contributed by atoms with Gasteiger partial charge in [0, 0.05) is 22.1 Å². The van der Waals surface area contributed by atoms with Crippen LogP contribution < -0.4 is 0 Å². The Labute approximate surface area is 332 Å². The molecule has 0 radical (unpaired) electrons. The van der Waals surface area contributed by atoms with Crippen molar-refractivity contribution in [3.05, 3.63) is 205 Å². The van der Waals surface area contributed by atoms with Gasteiger partial charge < -0.3 is 0 Å². The zero-order valence-electron chi connectivity index (χ0n) is 31.9.